The quantitative estimate of drug-likeness (QED) is 0.733. The van der Waals surface area contributed by atoms with E-state index >= 15 is 0 Å². The van der Waals surface area contributed by atoms with Crippen molar-refractivity contribution in [2.24, 2.45) is 0 Å². The van der Waals surface area contributed by atoms with Crippen molar-refractivity contribution in [1.29, 1.82) is 0 Å². The van der Waals surface area contributed by atoms with E-state index in [1.165, 1.54) is 0 Å². The average Bonchev–Trinajstić information content (AvgIpc) is 2.95. The van der Waals surface area contributed by atoms with Gasteiger partial charge in [0.05, 0.1) is 12.7 Å². The van der Waals surface area contributed by atoms with Gasteiger partial charge in [-0.05, 0) is 31.5 Å². The molecular formula is C16H20N6O. The Balaban J connectivity index is 2.00. The Bertz CT molecular complexity index is 893. The van der Waals surface area contributed by atoms with Crippen LogP contribution in [0.5, 0.6) is 0 Å². The first-order chi connectivity index (χ1) is 11.0. The van der Waals surface area contributed by atoms with Crippen molar-refractivity contribution in [2.45, 2.75) is 26.4 Å². The van der Waals surface area contributed by atoms with Gasteiger partial charge in [0.25, 0.3) is 5.56 Å². The van der Waals surface area contributed by atoms with Gasteiger partial charge in [0, 0.05) is 26.3 Å². The fourth-order valence-electron chi connectivity index (χ4n) is 2.46. The molecule has 23 heavy (non-hydrogen) atoms. The molecule has 0 aliphatic carbocycles. The van der Waals surface area contributed by atoms with Crippen molar-refractivity contribution in [3.8, 4) is 0 Å². The van der Waals surface area contributed by atoms with Crippen molar-refractivity contribution < 1.29 is 0 Å². The highest BCUT2D eigenvalue weighted by Gasteiger charge is 2.12. The molecule has 0 aliphatic rings. The highest BCUT2D eigenvalue weighted by molar-refractivity contribution is 5.73. The van der Waals surface area contributed by atoms with Crippen LogP contribution in [0.4, 0.5) is 5.82 Å². The highest BCUT2D eigenvalue weighted by atomic mass is 16.1. The monoisotopic (exact) mass is 312 g/mol. The normalized spacial score (nSPS) is 11.3. The second kappa shape index (κ2) is 5.83. The minimum absolute atomic E-state index is 0.0786. The third-order valence-corrected chi connectivity index (χ3v) is 3.69. The van der Waals surface area contributed by atoms with Crippen LogP contribution in [0.3, 0.4) is 0 Å². The summed E-state index contributed by atoms with van der Waals surface area (Å²) < 4.78 is 3.36. The van der Waals surface area contributed by atoms with Crippen LogP contribution in [0.1, 0.15) is 25.5 Å². The third-order valence-electron chi connectivity index (χ3n) is 3.69. The molecule has 3 heterocycles. The smallest absolute Gasteiger partial charge is 0.264 e. The summed E-state index contributed by atoms with van der Waals surface area (Å²) >= 11 is 0. The van der Waals surface area contributed by atoms with Crippen LogP contribution < -0.4 is 10.5 Å². The van der Waals surface area contributed by atoms with E-state index in [-0.39, 0.29) is 11.6 Å². The molecule has 0 amide bonds. The zero-order valence-electron chi connectivity index (χ0n) is 13.8. The second-order valence-electron chi connectivity index (χ2n) is 6.01. The number of hydrogen-bond acceptors (Lipinski definition) is 5. The summed E-state index contributed by atoms with van der Waals surface area (Å²) in [7, 11) is 3.87. The Labute approximate surface area is 134 Å². The largest absolute Gasteiger partial charge is 0.363 e. The SMILES string of the molecule is CC(C)n1ncc2c(=O)n(Cc3ccnc(N(C)C)c3)cnc21. The molecular weight excluding hydrogens is 292 g/mol. The van der Waals surface area contributed by atoms with Gasteiger partial charge in [-0.3, -0.25) is 9.36 Å². The van der Waals surface area contributed by atoms with Gasteiger partial charge in [-0.2, -0.15) is 5.10 Å². The standard InChI is InChI=1S/C16H20N6O/c1-11(2)22-15-13(8-19-22)16(23)21(10-18-15)9-12-5-6-17-14(7-12)20(3)4/h5-8,10-11H,9H2,1-4H3. The summed E-state index contributed by atoms with van der Waals surface area (Å²) in [6.45, 7) is 4.48. The molecule has 0 N–H and O–H groups in total. The Morgan fingerprint density at radius 2 is 2.04 bits per heavy atom. The lowest BCUT2D eigenvalue weighted by Gasteiger charge is -2.13. The number of pyridine rings is 1. The van der Waals surface area contributed by atoms with Gasteiger partial charge in [-0.1, -0.05) is 0 Å². The van der Waals surface area contributed by atoms with Crippen molar-refractivity contribution in [3.63, 3.8) is 0 Å². The van der Waals surface area contributed by atoms with Crippen molar-refractivity contribution in [3.05, 3.63) is 46.8 Å². The summed E-state index contributed by atoms with van der Waals surface area (Å²) in [6, 6.07) is 4.04. The maximum Gasteiger partial charge on any atom is 0.264 e. The van der Waals surface area contributed by atoms with E-state index in [1.807, 2.05) is 45.0 Å². The lowest BCUT2D eigenvalue weighted by molar-refractivity contribution is 0.545. The fraction of sp³-hybridized carbons (Fsp3) is 0.375. The zero-order valence-corrected chi connectivity index (χ0v) is 13.8. The fourth-order valence-corrected chi connectivity index (χ4v) is 2.46. The Morgan fingerprint density at radius 3 is 2.74 bits per heavy atom. The molecule has 0 aromatic carbocycles. The Kier molecular flexibility index (Phi) is 3.85. The van der Waals surface area contributed by atoms with Crippen LogP contribution in [0, 0.1) is 0 Å². The van der Waals surface area contributed by atoms with E-state index in [4.69, 9.17) is 0 Å². The summed E-state index contributed by atoms with van der Waals surface area (Å²) in [4.78, 5) is 23.3. The average molecular weight is 312 g/mol. The van der Waals surface area contributed by atoms with Crippen LogP contribution >= 0.6 is 0 Å². The number of hydrogen-bond donors (Lipinski definition) is 0. The van der Waals surface area contributed by atoms with Gasteiger partial charge in [-0.25, -0.2) is 14.6 Å². The molecule has 0 radical (unpaired) electrons. The third kappa shape index (κ3) is 2.81. The van der Waals surface area contributed by atoms with E-state index in [0.717, 1.165) is 11.4 Å². The summed E-state index contributed by atoms with van der Waals surface area (Å²) in [5, 5.41) is 4.81. The molecule has 7 nitrogen and oxygen atoms in total. The summed E-state index contributed by atoms with van der Waals surface area (Å²) in [6.07, 6.45) is 4.93. The number of fused-ring (bicyclic) bond motifs is 1. The molecule has 3 rings (SSSR count). The van der Waals surface area contributed by atoms with E-state index < -0.39 is 0 Å². The molecule has 0 spiro atoms. The number of anilines is 1. The molecule has 0 atom stereocenters. The Hall–Kier alpha value is -2.70. The molecule has 120 valence electrons. The first-order valence-corrected chi connectivity index (χ1v) is 7.52. The van der Waals surface area contributed by atoms with E-state index in [1.54, 1.807) is 28.0 Å². The van der Waals surface area contributed by atoms with Crippen LogP contribution in [0.15, 0.2) is 35.6 Å². The van der Waals surface area contributed by atoms with E-state index in [9.17, 15) is 4.79 Å². The van der Waals surface area contributed by atoms with Crippen LogP contribution in [0.25, 0.3) is 11.0 Å². The molecule has 0 saturated carbocycles. The van der Waals surface area contributed by atoms with Gasteiger partial charge in [0.2, 0.25) is 0 Å². The van der Waals surface area contributed by atoms with Crippen molar-refractivity contribution in [2.75, 3.05) is 19.0 Å². The van der Waals surface area contributed by atoms with Crippen LogP contribution in [-0.4, -0.2) is 38.4 Å². The topological polar surface area (TPSA) is 68.8 Å². The molecule has 0 aliphatic heterocycles. The van der Waals surface area contributed by atoms with Crippen molar-refractivity contribution >= 4 is 16.9 Å². The van der Waals surface area contributed by atoms with Crippen LogP contribution in [0.2, 0.25) is 0 Å². The summed E-state index contributed by atoms with van der Waals surface area (Å²) in [5.41, 5.74) is 1.55. The van der Waals surface area contributed by atoms with E-state index in [2.05, 4.69) is 15.1 Å². The lowest BCUT2D eigenvalue weighted by atomic mass is 10.2. The zero-order chi connectivity index (χ0) is 16.6. The molecule has 7 heteroatoms. The first-order valence-electron chi connectivity index (χ1n) is 7.52. The lowest BCUT2D eigenvalue weighted by Crippen LogP contribution is -2.21. The van der Waals surface area contributed by atoms with E-state index in [0.29, 0.717) is 17.6 Å². The first kappa shape index (κ1) is 15.2. The predicted molar refractivity (Wildman–Crippen MR) is 89.8 cm³/mol. The van der Waals surface area contributed by atoms with Gasteiger partial charge >= 0.3 is 0 Å². The maximum absolute atomic E-state index is 12.6. The minimum atomic E-state index is -0.0786. The van der Waals surface area contributed by atoms with Gasteiger partial charge < -0.3 is 4.90 Å². The number of rotatable bonds is 4. The highest BCUT2D eigenvalue weighted by Crippen LogP contribution is 2.13. The molecule has 0 fully saturated rings. The molecule has 3 aromatic rings. The van der Waals surface area contributed by atoms with Crippen molar-refractivity contribution in [1.82, 2.24) is 24.3 Å². The van der Waals surface area contributed by atoms with Crippen LogP contribution in [-0.2, 0) is 6.54 Å². The van der Waals surface area contributed by atoms with Gasteiger partial charge in [0.1, 0.15) is 17.5 Å². The van der Waals surface area contributed by atoms with Gasteiger partial charge in [-0.15, -0.1) is 0 Å². The molecule has 0 unspecified atom stereocenters. The molecule has 0 bridgehead atoms. The second-order valence-corrected chi connectivity index (χ2v) is 6.01. The van der Waals surface area contributed by atoms with Gasteiger partial charge in [0.15, 0.2) is 5.65 Å². The summed E-state index contributed by atoms with van der Waals surface area (Å²) in [5.74, 6) is 0.859. The number of nitrogens with zero attached hydrogens (tertiary/aromatic N) is 6. The predicted octanol–water partition coefficient (Wildman–Crippen LogP) is 1.68. The molecule has 0 saturated heterocycles. The minimum Gasteiger partial charge on any atom is -0.363 e. The number of aromatic nitrogens is 5. The maximum atomic E-state index is 12.6. The Morgan fingerprint density at radius 1 is 1.26 bits per heavy atom. The molecule has 3 aromatic heterocycles.